The lowest BCUT2D eigenvalue weighted by molar-refractivity contribution is 0.104. The van der Waals surface area contributed by atoms with E-state index in [0.29, 0.717) is 52.8 Å². The third-order valence-corrected chi connectivity index (χ3v) is 5.84. The molecular formula is C24H30N2O4. The van der Waals surface area contributed by atoms with Crippen molar-refractivity contribution in [3.8, 4) is 28.4 Å². The van der Waals surface area contributed by atoms with Gasteiger partial charge in [0.15, 0.2) is 5.78 Å². The van der Waals surface area contributed by atoms with Crippen LogP contribution in [0.5, 0.6) is 17.2 Å². The second kappa shape index (κ2) is 8.96. The van der Waals surface area contributed by atoms with Gasteiger partial charge in [0.05, 0.1) is 25.0 Å². The van der Waals surface area contributed by atoms with Gasteiger partial charge in [0.2, 0.25) is 0 Å². The number of piperidine rings is 1. The quantitative estimate of drug-likeness (QED) is 0.563. The second-order valence-electron chi connectivity index (χ2n) is 7.85. The molecule has 0 saturated carbocycles. The van der Waals surface area contributed by atoms with Crippen molar-refractivity contribution >= 4 is 11.5 Å². The number of ketones is 1. The standard InChI is InChI=1S/C24H30N2O4/c1-3-13-29-19-15-18(28-2)21-20-16(24(27)22(21)23(19)25)8-7-9-17(20)30-14-12-26-10-5-4-6-11-26/h7-9,15H,3-6,10-14,25H2,1-2H3. The molecule has 2 aromatic rings. The number of nitrogens with two attached hydrogens (primary N) is 1. The monoisotopic (exact) mass is 410 g/mol. The molecule has 6 heteroatoms. The molecule has 1 aliphatic heterocycles. The maximum Gasteiger partial charge on any atom is 0.196 e. The van der Waals surface area contributed by atoms with Crippen LogP contribution in [0.3, 0.4) is 0 Å². The summed E-state index contributed by atoms with van der Waals surface area (Å²) in [5.41, 5.74) is 9.24. The number of carbonyl (C=O) groups is 1. The molecular weight excluding hydrogens is 380 g/mol. The summed E-state index contributed by atoms with van der Waals surface area (Å²) in [7, 11) is 1.59. The van der Waals surface area contributed by atoms with Gasteiger partial charge in [-0.05, 0) is 38.4 Å². The number of likely N-dealkylation sites (tertiary alicyclic amines) is 1. The minimum atomic E-state index is -0.112. The minimum Gasteiger partial charge on any atom is -0.496 e. The van der Waals surface area contributed by atoms with E-state index in [0.717, 1.165) is 31.6 Å². The van der Waals surface area contributed by atoms with Crippen molar-refractivity contribution in [3.05, 3.63) is 35.4 Å². The zero-order chi connectivity index (χ0) is 21.1. The van der Waals surface area contributed by atoms with Crippen molar-refractivity contribution in [1.29, 1.82) is 0 Å². The van der Waals surface area contributed by atoms with Gasteiger partial charge in [0, 0.05) is 29.3 Å². The van der Waals surface area contributed by atoms with Crippen LogP contribution in [-0.4, -0.2) is 50.6 Å². The molecule has 0 spiro atoms. The van der Waals surface area contributed by atoms with Crippen LogP contribution in [0, 0.1) is 0 Å². The number of methoxy groups -OCH3 is 1. The molecule has 0 aromatic heterocycles. The number of fused-ring (bicyclic) bond motifs is 3. The first-order valence-corrected chi connectivity index (χ1v) is 10.8. The Morgan fingerprint density at radius 2 is 1.73 bits per heavy atom. The van der Waals surface area contributed by atoms with Gasteiger partial charge >= 0.3 is 0 Å². The molecule has 1 fully saturated rings. The van der Waals surface area contributed by atoms with Gasteiger partial charge in [-0.3, -0.25) is 9.69 Å². The van der Waals surface area contributed by atoms with Gasteiger partial charge in [0.1, 0.15) is 23.9 Å². The van der Waals surface area contributed by atoms with Gasteiger partial charge in [-0.25, -0.2) is 0 Å². The summed E-state index contributed by atoms with van der Waals surface area (Å²) in [4.78, 5) is 15.7. The van der Waals surface area contributed by atoms with Crippen LogP contribution in [0.15, 0.2) is 24.3 Å². The summed E-state index contributed by atoms with van der Waals surface area (Å²) in [5, 5.41) is 0. The van der Waals surface area contributed by atoms with Crippen LogP contribution in [0.2, 0.25) is 0 Å². The number of carbonyl (C=O) groups excluding carboxylic acids is 1. The summed E-state index contributed by atoms with van der Waals surface area (Å²) >= 11 is 0. The summed E-state index contributed by atoms with van der Waals surface area (Å²) < 4.78 is 17.6. The molecule has 160 valence electrons. The number of anilines is 1. The molecule has 30 heavy (non-hydrogen) atoms. The highest BCUT2D eigenvalue weighted by molar-refractivity contribution is 6.26. The molecule has 1 aliphatic carbocycles. The molecule has 2 aromatic carbocycles. The number of benzene rings is 2. The first-order valence-electron chi connectivity index (χ1n) is 10.8. The number of ether oxygens (including phenoxy) is 3. The fourth-order valence-corrected chi connectivity index (χ4v) is 4.33. The van der Waals surface area contributed by atoms with E-state index >= 15 is 0 Å². The van der Waals surface area contributed by atoms with Crippen LogP contribution in [0.4, 0.5) is 5.69 Å². The van der Waals surface area contributed by atoms with Crippen molar-refractivity contribution in [2.75, 3.05) is 45.7 Å². The molecule has 6 nitrogen and oxygen atoms in total. The molecule has 1 saturated heterocycles. The van der Waals surface area contributed by atoms with Gasteiger partial charge in [-0.2, -0.15) is 0 Å². The van der Waals surface area contributed by atoms with E-state index < -0.39 is 0 Å². The van der Waals surface area contributed by atoms with Gasteiger partial charge in [-0.15, -0.1) is 0 Å². The lowest BCUT2D eigenvalue weighted by atomic mass is 10.0. The van der Waals surface area contributed by atoms with E-state index in [1.54, 1.807) is 13.2 Å². The van der Waals surface area contributed by atoms with Gasteiger partial charge < -0.3 is 19.9 Å². The second-order valence-corrected chi connectivity index (χ2v) is 7.85. The SMILES string of the molecule is CCCOc1cc(OC)c2c(c1N)C(=O)c1cccc(OCCN3CCCCC3)c1-2. The Kier molecular flexibility index (Phi) is 6.13. The molecule has 0 atom stereocenters. The normalized spacial score (nSPS) is 15.6. The summed E-state index contributed by atoms with van der Waals surface area (Å²) in [6.07, 6.45) is 4.67. The highest BCUT2D eigenvalue weighted by Gasteiger charge is 2.36. The molecule has 2 aliphatic rings. The minimum absolute atomic E-state index is 0.112. The topological polar surface area (TPSA) is 74.0 Å². The average molecular weight is 411 g/mol. The summed E-state index contributed by atoms with van der Waals surface area (Å²) in [6.45, 7) is 6.27. The zero-order valence-corrected chi connectivity index (χ0v) is 17.8. The van der Waals surface area contributed by atoms with E-state index in [1.165, 1.54) is 19.3 Å². The lowest BCUT2D eigenvalue weighted by Crippen LogP contribution is -2.33. The molecule has 0 amide bonds. The number of hydrogen-bond acceptors (Lipinski definition) is 6. The van der Waals surface area contributed by atoms with Crippen molar-refractivity contribution in [2.45, 2.75) is 32.6 Å². The summed E-state index contributed by atoms with van der Waals surface area (Å²) in [6, 6.07) is 7.36. The first-order chi connectivity index (χ1) is 14.7. The Bertz CT molecular complexity index is 935. The Labute approximate surface area is 177 Å². The number of hydrogen-bond donors (Lipinski definition) is 1. The highest BCUT2D eigenvalue weighted by atomic mass is 16.5. The van der Waals surface area contributed by atoms with Crippen molar-refractivity contribution in [1.82, 2.24) is 4.90 Å². The summed E-state index contributed by atoms with van der Waals surface area (Å²) in [5.74, 6) is 1.64. The third kappa shape index (κ3) is 3.72. The van der Waals surface area contributed by atoms with Crippen LogP contribution in [0.1, 0.15) is 48.5 Å². The smallest absolute Gasteiger partial charge is 0.196 e. The average Bonchev–Trinajstić information content (AvgIpc) is 3.08. The molecule has 4 rings (SSSR count). The molecule has 0 unspecified atom stereocenters. The van der Waals surface area contributed by atoms with Gasteiger partial charge in [0.25, 0.3) is 0 Å². The van der Waals surface area contributed by atoms with Crippen molar-refractivity contribution < 1.29 is 19.0 Å². The van der Waals surface area contributed by atoms with E-state index in [9.17, 15) is 4.79 Å². The largest absolute Gasteiger partial charge is 0.496 e. The Balaban J connectivity index is 1.66. The van der Waals surface area contributed by atoms with Gasteiger partial charge in [-0.1, -0.05) is 25.5 Å². The Morgan fingerprint density at radius 1 is 0.967 bits per heavy atom. The maximum absolute atomic E-state index is 13.2. The molecule has 1 heterocycles. The predicted molar refractivity (Wildman–Crippen MR) is 118 cm³/mol. The molecule has 0 radical (unpaired) electrons. The van der Waals surface area contributed by atoms with E-state index in [2.05, 4.69) is 4.90 Å². The fraction of sp³-hybridized carbons (Fsp3) is 0.458. The fourth-order valence-electron chi connectivity index (χ4n) is 4.33. The molecule has 2 N–H and O–H groups in total. The number of rotatable bonds is 8. The third-order valence-electron chi connectivity index (χ3n) is 5.84. The Morgan fingerprint density at radius 3 is 2.47 bits per heavy atom. The van der Waals surface area contributed by atoms with Crippen LogP contribution in [-0.2, 0) is 0 Å². The zero-order valence-electron chi connectivity index (χ0n) is 17.8. The van der Waals surface area contributed by atoms with Crippen LogP contribution in [0.25, 0.3) is 11.1 Å². The van der Waals surface area contributed by atoms with Crippen LogP contribution < -0.4 is 19.9 Å². The highest BCUT2D eigenvalue weighted by Crippen LogP contribution is 2.51. The van der Waals surface area contributed by atoms with E-state index in [4.69, 9.17) is 19.9 Å². The van der Waals surface area contributed by atoms with E-state index in [1.807, 2.05) is 25.1 Å². The van der Waals surface area contributed by atoms with E-state index in [-0.39, 0.29) is 5.78 Å². The van der Waals surface area contributed by atoms with Crippen molar-refractivity contribution in [2.24, 2.45) is 0 Å². The van der Waals surface area contributed by atoms with Crippen molar-refractivity contribution in [3.63, 3.8) is 0 Å². The maximum atomic E-state index is 13.2. The van der Waals surface area contributed by atoms with Crippen LogP contribution >= 0.6 is 0 Å². The Hall–Kier alpha value is -2.73. The predicted octanol–water partition coefficient (Wildman–Crippen LogP) is 4.14. The number of nitrogen functional groups attached to an aromatic ring is 1. The molecule has 0 bridgehead atoms. The number of nitrogens with zero attached hydrogens (tertiary/aromatic N) is 1. The lowest BCUT2D eigenvalue weighted by Gasteiger charge is -2.26. The first kappa shape index (κ1) is 20.5.